The van der Waals surface area contributed by atoms with Crippen molar-refractivity contribution in [2.45, 2.75) is 110 Å². The van der Waals surface area contributed by atoms with E-state index in [0.717, 1.165) is 42.0 Å². The molecule has 3 aliphatic heterocycles. The van der Waals surface area contributed by atoms with Gasteiger partial charge in [0.05, 0.1) is 30.1 Å². The maximum Gasteiger partial charge on any atom is 0.264 e. The van der Waals surface area contributed by atoms with Crippen LogP contribution in [-0.4, -0.2) is 80.2 Å². The highest BCUT2D eigenvalue weighted by Crippen LogP contribution is 2.60. The first kappa shape index (κ1) is 39.9. The number of rotatable bonds is 16. The van der Waals surface area contributed by atoms with Crippen molar-refractivity contribution in [3.05, 3.63) is 70.8 Å². The third-order valence-corrected chi connectivity index (χ3v) is 13.4. The Morgan fingerprint density at radius 1 is 1.06 bits per heavy atom. The second kappa shape index (κ2) is 16.8. The predicted molar refractivity (Wildman–Crippen MR) is 209 cm³/mol. The Morgan fingerprint density at radius 3 is 2.48 bits per heavy atom. The number of benzene rings is 2. The van der Waals surface area contributed by atoms with Gasteiger partial charge in [-0.3, -0.25) is 14.5 Å². The molecule has 5 rings (SSSR count). The summed E-state index contributed by atoms with van der Waals surface area (Å²) in [6.07, 6.45) is 7.82. The Bertz CT molecular complexity index is 1670. The van der Waals surface area contributed by atoms with Crippen molar-refractivity contribution in [3.63, 3.8) is 0 Å². The van der Waals surface area contributed by atoms with Gasteiger partial charge in [-0.05, 0) is 128 Å². The van der Waals surface area contributed by atoms with E-state index in [1.165, 1.54) is 11.1 Å². The van der Waals surface area contributed by atoms with Crippen LogP contribution < -0.4 is 19.9 Å². The fourth-order valence-corrected chi connectivity index (χ4v) is 11.0. The van der Waals surface area contributed by atoms with Crippen LogP contribution in [0.15, 0.2) is 59.7 Å². The molecule has 3 heterocycles. The molecule has 2 aromatic rings. The Kier molecular flexibility index (Phi) is 12.9. The lowest BCUT2D eigenvalue weighted by atomic mass is 9.82. The van der Waals surface area contributed by atoms with Gasteiger partial charge in [-0.15, -0.1) is 0 Å². The normalized spacial score (nSPS) is 24.5. The molecule has 5 atom stereocenters. The van der Waals surface area contributed by atoms with Gasteiger partial charge in [-0.25, -0.2) is 0 Å². The van der Waals surface area contributed by atoms with Gasteiger partial charge < -0.3 is 34.7 Å². The van der Waals surface area contributed by atoms with Crippen LogP contribution in [0, 0.1) is 5.92 Å². The number of unbranched alkanes of at least 4 members (excludes halogenated alkanes) is 1. The minimum Gasteiger partial charge on any atom is -0.494 e. The second-order valence-corrected chi connectivity index (χ2v) is 19.4. The molecular weight excluding hydrogens is 675 g/mol. The molecule has 1 unspecified atom stereocenters. The minimum atomic E-state index is -2.88. The maximum atomic E-state index is 14.9. The van der Waals surface area contributed by atoms with E-state index in [1.54, 1.807) is 9.80 Å². The fourth-order valence-electron chi connectivity index (χ4n) is 8.44. The van der Waals surface area contributed by atoms with Crippen LogP contribution in [0.4, 0.5) is 17.1 Å². The third kappa shape index (κ3) is 7.95. The zero-order valence-electron chi connectivity index (χ0n) is 32.1. The summed E-state index contributed by atoms with van der Waals surface area (Å²) in [6, 6.07) is 11.1. The van der Waals surface area contributed by atoms with Crippen molar-refractivity contribution in [1.29, 1.82) is 0 Å². The fraction of sp³-hybridized carbons (Fsp3) is 0.561. The number of anilines is 3. The van der Waals surface area contributed by atoms with Gasteiger partial charge in [0.1, 0.15) is 5.75 Å². The van der Waals surface area contributed by atoms with Crippen LogP contribution in [0.2, 0.25) is 18.6 Å². The second-order valence-electron chi connectivity index (χ2n) is 15.4. The lowest BCUT2D eigenvalue weighted by molar-refractivity contribution is -0.146. The van der Waals surface area contributed by atoms with E-state index in [4.69, 9.17) is 9.47 Å². The van der Waals surface area contributed by atoms with Crippen molar-refractivity contribution >= 4 is 37.2 Å². The van der Waals surface area contributed by atoms with Gasteiger partial charge in [-0.1, -0.05) is 30.2 Å². The predicted octanol–water partition coefficient (Wildman–Crippen LogP) is 6.26. The smallest absolute Gasteiger partial charge is 0.264 e. The number of fused-ring (bicyclic) bond motifs is 3. The number of amides is 2. The summed E-state index contributed by atoms with van der Waals surface area (Å²) >= 11 is 0. The summed E-state index contributed by atoms with van der Waals surface area (Å²) in [5.74, 6) is 0.0623. The maximum absolute atomic E-state index is 14.9. The first-order valence-electron chi connectivity index (χ1n) is 19.0. The summed E-state index contributed by atoms with van der Waals surface area (Å²) < 4.78 is 12.7. The van der Waals surface area contributed by atoms with Crippen molar-refractivity contribution < 1.29 is 34.1 Å². The molecule has 1 fully saturated rings. The van der Waals surface area contributed by atoms with Crippen LogP contribution in [0.5, 0.6) is 5.75 Å². The summed E-state index contributed by atoms with van der Waals surface area (Å²) in [6.45, 7) is 15.4. The third-order valence-electron chi connectivity index (χ3n) is 10.9. The van der Waals surface area contributed by atoms with Crippen molar-refractivity contribution in [3.8, 4) is 5.75 Å². The lowest BCUT2D eigenvalue weighted by Crippen LogP contribution is -2.49. The van der Waals surface area contributed by atoms with Crippen molar-refractivity contribution in [2.75, 3.05) is 42.7 Å². The molecule has 2 amide bonds. The molecule has 1 saturated heterocycles. The highest BCUT2D eigenvalue weighted by molar-refractivity contribution is 6.71. The number of carbonyl (C=O) groups excluding carboxylic acids is 2. The van der Waals surface area contributed by atoms with E-state index >= 15 is 0 Å². The zero-order chi connectivity index (χ0) is 37.8. The highest BCUT2D eigenvalue weighted by atomic mass is 28.4. The average Bonchev–Trinajstić information content (AvgIpc) is 3.51. The number of carbonyl (C=O) groups is 2. The summed E-state index contributed by atoms with van der Waals surface area (Å²) in [7, 11) is -2.88. The largest absolute Gasteiger partial charge is 0.494 e. The van der Waals surface area contributed by atoms with Crippen LogP contribution >= 0.6 is 0 Å². The average molecular weight is 734 g/mol. The standard InChI is InChI=1S/C41H59N3O7Si/c1-8-50-32-15-17-35-30(24-32)25-34(42-20-9-10-22-45)39(47)44(35)31-14-16-36-33(26-31)41(29(5)38(52(6,7)49)37(51-41)19-23-46)40(48)43(36)21-18-28(4)13-11-12-27(2)3/h12,14-18,24,26,29,34,37-38,42,45-46,49H,8-11,13,19-23,25H2,1-7H3/b28-18+/t29-,34?,37+,38-,41+/m1/s1. The Morgan fingerprint density at radius 2 is 1.81 bits per heavy atom. The van der Waals surface area contributed by atoms with Crippen LogP contribution in [0.25, 0.3) is 0 Å². The molecule has 4 N–H and O–H groups in total. The van der Waals surface area contributed by atoms with E-state index in [9.17, 15) is 24.6 Å². The number of aliphatic hydroxyl groups is 2. The molecule has 52 heavy (non-hydrogen) atoms. The number of nitrogens with one attached hydrogen (secondary N) is 1. The van der Waals surface area contributed by atoms with Gasteiger partial charge in [-0.2, -0.15) is 0 Å². The number of aliphatic hydroxyl groups excluding tert-OH is 2. The molecule has 0 saturated carbocycles. The molecule has 0 aliphatic carbocycles. The molecule has 3 aliphatic rings. The minimum absolute atomic E-state index is 0.0985. The van der Waals surface area contributed by atoms with Crippen LogP contribution in [0.1, 0.15) is 77.8 Å². The van der Waals surface area contributed by atoms with E-state index < -0.39 is 26.1 Å². The molecule has 284 valence electrons. The zero-order valence-corrected chi connectivity index (χ0v) is 33.1. The van der Waals surface area contributed by atoms with E-state index in [0.29, 0.717) is 50.2 Å². The van der Waals surface area contributed by atoms with Gasteiger partial charge in [0.15, 0.2) is 13.9 Å². The van der Waals surface area contributed by atoms with Crippen LogP contribution in [-0.2, 0) is 26.3 Å². The number of allylic oxidation sites excluding steroid dienone is 3. The lowest BCUT2D eigenvalue weighted by Gasteiger charge is -2.36. The van der Waals surface area contributed by atoms with Crippen molar-refractivity contribution in [2.24, 2.45) is 5.92 Å². The van der Waals surface area contributed by atoms with E-state index in [-0.39, 0.29) is 36.5 Å². The molecule has 10 nitrogen and oxygen atoms in total. The van der Waals surface area contributed by atoms with Crippen molar-refractivity contribution in [1.82, 2.24) is 5.32 Å². The molecule has 11 heteroatoms. The monoisotopic (exact) mass is 733 g/mol. The van der Waals surface area contributed by atoms with Crippen LogP contribution in [0.3, 0.4) is 0 Å². The van der Waals surface area contributed by atoms with Gasteiger partial charge in [0.2, 0.25) is 5.91 Å². The Balaban J connectivity index is 1.62. The highest BCUT2D eigenvalue weighted by Gasteiger charge is 2.66. The topological polar surface area (TPSA) is 132 Å². The van der Waals surface area contributed by atoms with Gasteiger partial charge >= 0.3 is 0 Å². The molecule has 0 bridgehead atoms. The quantitative estimate of drug-likeness (QED) is 0.0905. The Hall–Kier alpha value is -3.32. The summed E-state index contributed by atoms with van der Waals surface area (Å²) in [5.41, 5.74) is 4.52. The van der Waals surface area contributed by atoms with E-state index in [1.807, 2.05) is 63.3 Å². The van der Waals surface area contributed by atoms with Gasteiger partial charge in [0, 0.05) is 42.5 Å². The molecular formula is C41H59N3O7Si. The molecule has 0 radical (unpaired) electrons. The number of ether oxygens (including phenoxy) is 2. The number of nitrogens with zero attached hydrogens (tertiary/aromatic N) is 2. The summed E-state index contributed by atoms with van der Waals surface area (Å²) in [5, 5.41) is 22.8. The number of hydrogen-bond donors (Lipinski definition) is 4. The summed E-state index contributed by atoms with van der Waals surface area (Å²) in [4.78, 5) is 44.4. The number of hydrogen-bond acceptors (Lipinski definition) is 8. The first-order valence-corrected chi connectivity index (χ1v) is 22.0. The Labute approximate surface area is 310 Å². The van der Waals surface area contributed by atoms with Gasteiger partial charge in [0.25, 0.3) is 5.91 Å². The molecule has 0 aromatic heterocycles. The molecule has 2 aromatic carbocycles. The SMILES string of the molecule is CCOc1ccc2c(c1)CC(NCCCCO)C(=O)N2c1ccc2c(c1)[C@]1(O[C@@H](CCO)[C@H]([Si](C)(C)O)[C@H]1C)C(=O)N2C/C=C(\C)CCC=C(C)C. The van der Waals surface area contributed by atoms with E-state index in [2.05, 4.69) is 38.2 Å². The first-order chi connectivity index (χ1) is 24.8. The molecule has 1 spiro atoms.